The van der Waals surface area contributed by atoms with Gasteiger partial charge >= 0.3 is 0 Å². The first-order chi connectivity index (χ1) is 11.7. The van der Waals surface area contributed by atoms with Crippen molar-refractivity contribution in [2.75, 3.05) is 19.2 Å². The molecule has 0 saturated heterocycles. The van der Waals surface area contributed by atoms with Crippen molar-refractivity contribution in [3.8, 4) is 28.5 Å². The van der Waals surface area contributed by atoms with E-state index in [1.165, 1.54) is 0 Å². The molecule has 0 aliphatic carbocycles. The van der Waals surface area contributed by atoms with Crippen molar-refractivity contribution in [2.45, 2.75) is 0 Å². The van der Waals surface area contributed by atoms with Gasteiger partial charge in [-0.05, 0) is 46.3 Å². The number of methoxy groups -OCH3 is 1. The van der Waals surface area contributed by atoms with E-state index in [1.807, 2.05) is 41.8 Å². The maximum absolute atomic E-state index is 5.39. The van der Waals surface area contributed by atoms with E-state index < -0.39 is 0 Å². The van der Waals surface area contributed by atoms with Gasteiger partial charge < -0.3 is 19.5 Å². The SMILES string of the molecule is Br.COc1ccc(-c2csc(Nc3ccc4c(c3)OCO4)n2)cc1Br. The Morgan fingerprint density at radius 1 is 1.16 bits per heavy atom. The van der Waals surface area contributed by atoms with Crippen LogP contribution in [0.15, 0.2) is 46.3 Å². The molecule has 130 valence electrons. The molecule has 1 aliphatic heterocycles. The molecule has 1 N–H and O–H groups in total. The third kappa shape index (κ3) is 3.75. The van der Waals surface area contributed by atoms with E-state index >= 15 is 0 Å². The maximum Gasteiger partial charge on any atom is 0.231 e. The van der Waals surface area contributed by atoms with Crippen molar-refractivity contribution in [3.05, 3.63) is 46.3 Å². The highest BCUT2D eigenvalue weighted by atomic mass is 79.9. The van der Waals surface area contributed by atoms with Crippen LogP contribution in [0.5, 0.6) is 17.2 Å². The highest BCUT2D eigenvalue weighted by Crippen LogP contribution is 2.36. The fraction of sp³-hybridized carbons (Fsp3) is 0.118. The van der Waals surface area contributed by atoms with Crippen LogP contribution < -0.4 is 19.5 Å². The van der Waals surface area contributed by atoms with Crippen molar-refractivity contribution < 1.29 is 14.2 Å². The summed E-state index contributed by atoms with van der Waals surface area (Å²) < 4.78 is 16.9. The number of fused-ring (bicyclic) bond motifs is 1. The first-order valence-corrected chi connectivity index (χ1v) is 8.86. The van der Waals surface area contributed by atoms with E-state index in [9.17, 15) is 0 Å². The normalized spacial score (nSPS) is 11.8. The molecule has 1 aromatic heterocycles. The topological polar surface area (TPSA) is 52.6 Å². The van der Waals surface area contributed by atoms with Gasteiger partial charge in [-0.3, -0.25) is 0 Å². The zero-order chi connectivity index (χ0) is 16.5. The monoisotopic (exact) mass is 484 g/mol. The van der Waals surface area contributed by atoms with Crippen LogP contribution in [0.4, 0.5) is 10.8 Å². The van der Waals surface area contributed by atoms with E-state index in [4.69, 9.17) is 14.2 Å². The van der Waals surface area contributed by atoms with Crippen LogP contribution >= 0.6 is 44.2 Å². The van der Waals surface area contributed by atoms with Crippen molar-refractivity contribution in [2.24, 2.45) is 0 Å². The summed E-state index contributed by atoms with van der Waals surface area (Å²) in [5.41, 5.74) is 2.85. The summed E-state index contributed by atoms with van der Waals surface area (Å²) in [7, 11) is 1.65. The third-order valence-electron chi connectivity index (χ3n) is 3.58. The molecule has 0 fully saturated rings. The lowest BCUT2D eigenvalue weighted by atomic mass is 10.2. The molecule has 4 rings (SSSR count). The second-order valence-electron chi connectivity index (χ2n) is 5.08. The zero-order valence-electron chi connectivity index (χ0n) is 13.1. The van der Waals surface area contributed by atoms with Gasteiger partial charge in [-0.15, -0.1) is 28.3 Å². The van der Waals surface area contributed by atoms with Gasteiger partial charge in [0.05, 0.1) is 17.3 Å². The van der Waals surface area contributed by atoms with Crippen LogP contribution in [0, 0.1) is 0 Å². The number of ether oxygens (including phenoxy) is 3. The second-order valence-corrected chi connectivity index (χ2v) is 6.79. The van der Waals surface area contributed by atoms with Gasteiger partial charge in [0.1, 0.15) is 5.75 Å². The van der Waals surface area contributed by atoms with E-state index in [2.05, 4.69) is 26.2 Å². The summed E-state index contributed by atoms with van der Waals surface area (Å²) in [5, 5.41) is 6.13. The number of anilines is 2. The first-order valence-electron chi connectivity index (χ1n) is 7.19. The zero-order valence-corrected chi connectivity index (χ0v) is 17.2. The fourth-order valence-electron chi connectivity index (χ4n) is 2.39. The van der Waals surface area contributed by atoms with Gasteiger partial charge in [0.25, 0.3) is 0 Å². The molecular weight excluding hydrogens is 472 g/mol. The quantitative estimate of drug-likeness (QED) is 0.518. The molecule has 2 heterocycles. The average molecular weight is 486 g/mol. The smallest absolute Gasteiger partial charge is 0.231 e. The minimum absolute atomic E-state index is 0. The number of nitrogens with zero attached hydrogens (tertiary/aromatic N) is 1. The summed E-state index contributed by atoms with van der Waals surface area (Å²) >= 11 is 5.05. The van der Waals surface area contributed by atoms with Crippen molar-refractivity contribution in [1.82, 2.24) is 4.98 Å². The Morgan fingerprint density at radius 3 is 2.80 bits per heavy atom. The van der Waals surface area contributed by atoms with Crippen molar-refractivity contribution in [1.29, 1.82) is 0 Å². The molecule has 0 radical (unpaired) electrons. The van der Waals surface area contributed by atoms with Gasteiger partial charge in [-0.1, -0.05) is 0 Å². The highest BCUT2D eigenvalue weighted by molar-refractivity contribution is 9.10. The number of aromatic nitrogens is 1. The second kappa shape index (κ2) is 7.63. The predicted octanol–water partition coefficient (Wildman–Crippen LogP) is 5.63. The molecule has 0 atom stereocenters. The molecule has 0 amide bonds. The number of halogens is 2. The Balaban J connectivity index is 0.00000182. The molecule has 0 saturated carbocycles. The minimum Gasteiger partial charge on any atom is -0.496 e. The van der Waals surface area contributed by atoms with Crippen LogP contribution in [-0.4, -0.2) is 18.9 Å². The number of rotatable bonds is 4. The van der Waals surface area contributed by atoms with E-state index in [0.717, 1.165) is 43.8 Å². The minimum atomic E-state index is 0. The van der Waals surface area contributed by atoms with Gasteiger partial charge in [0.15, 0.2) is 16.6 Å². The summed E-state index contributed by atoms with van der Waals surface area (Å²) in [5.74, 6) is 2.31. The molecule has 0 bridgehead atoms. The Morgan fingerprint density at radius 2 is 2.00 bits per heavy atom. The molecule has 8 heteroatoms. The fourth-order valence-corrected chi connectivity index (χ4v) is 3.67. The average Bonchev–Trinajstić information content (AvgIpc) is 3.23. The Labute approximate surface area is 167 Å². The van der Waals surface area contributed by atoms with E-state index in [1.54, 1.807) is 18.4 Å². The molecular formula is C17H14Br2N2O3S. The molecule has 25 heavy (non-hydrogen) atoms. The van der Waals surface area contributed by atoms with Crippen LogP contribution in [0.3, 0.4) is 0 Å². The molecule has 0 unspecified atom stereocenters. The molecule has 2 aromatic carbocycles. The van der Waals surface area contributed by atoms with Gasteiger partial charge in [0, 0.05) is 22.7 Å². The lowest BCUT2D eigenvalue weighted by Gasteiger charge is -2.05. The summed E-state index contributed by atoms with van der Waals surface area (Å²) in [6.45, 7) is 0.270. The summed E-state index contributed by atoms with van der Waals surface area (Å²) in [6, 6.07) is 11.6. The van der Waals surface area contributed by atoms with Crippen molar-refractivity contribution >= 4 is 55.1 Å². The summed E-state index contributed by atoms with van der Waals surface area (Å²) in [6.07, 6.45) is 0. The number of hydrogen-bond donors (Lipinski definition) is 1. The lowest BCUT2D eigenvalue weighted by Crippen LogP contribution is -1.93. The number of benzene rings is 2. The molecule has 1 aliphatic rings. The Hall–Kier alpha value is -1.77. The van der Waals surface area contributed by atoms with E-state index in [0.29, 0.717) is 0 Å². The van der Waals surface area contributed by atoms with Crippen LogP contribution in [0.1, 0.15) is 0 Å². The van der Waals surface area contributed by atoms with Crippen LogP contribution in [0.25, 0.3) is 11.3 Å². The third-order valence-corrected chi connectivity index (χ3v) is 4.95. The Kier molecular flexibility index (Phi) is 5.51. The van der Waals surface area contributed by atoms with Crippen LogP contribution in [0.2, 0.25) is 0 Å². The predicted molar refractivity (Wildman–Crippen MR) is 108 cm³/mol. The summed E-state index contributed by atoms with van der Waals surface area (Å²) in [4.78, 5) is 4.64. The number of thiazole rings is 1. The maximum atomic E-state index is 5.39. The molecule has 5 nitrogen and oxygen atoms in total. The standard InChI is InChI=1S/C17H13BrN2O3S.BrH/c1-21-14-4-2-10(6-12(14)18)13-8-24-17(20-13)19-11-3-5-15-16(7-11)23-9-22-15;/h2-8H,9H2,1H3,(H,19,20);1H. The largest absolute Gasteiger partial charge is 0.496 e. The highest BCUT2D eigenvalue weighted by Gasteiger charge is 2.14. The number of hydrogen-bond acceptors (Lipinski definition) is 6. The Bertz CT molecular complexity index is 901. The molecule has 3 aromatic rings. The number of nitrogens with one attached hydrogen (secondary N) is 1. The van der Waals surface area contributed by atoms with Gasteiger partial charge in [0.2, 0.25) is 6.79 Å². The van der Waals surface area contributed by atoms with Crippen molar-refractivity contribution in [3.63, 3.8) is 0 Å². The molecule has 0 spiro atoms. The van der Waals surface area contributed by atoms with Gasteiger partial charge in [-0.25, -0.2) is 4.98 Å². The van der Waals surface area contributed by atoms with Gasteiger partial charge in [-0.2, -0.15) is 0 Å². The van der Waals surface area contributed by atoms with E-state index in [-0.39, 0.29) is 23.8 Å². The lowest BCUT2D eigenvalue weighted by molar-refractivity contribution is 0.174. The van der Waals surface area contributed by atoms with Crippen LogP contribution in [-0.2, 0) is 0 Å². The first kappa shape index (κ1) is 18.0.